The zero-order chi connectivity index (χ0) is 15.8. The van der Waals surface area contributed by atoms with Crippen molar-refractivity contribution in [1.29, 1.82) is 0 Å². The first-order valence-electron chi connectivity index (χ1n) is 7.09. The zero-order valence-corrected chi connectivity index (χ0v) is 12.0. The van der Waals surface area contributed by atoms with Gasteiger partial charge in [0.1, 0.15) is 5.82 Å². The second kappa shape index (κ2) is 5.10. The van der Waals surface area contributed by atoms with Crippen molar-refractivity contribution in [2.24, 2.45) is 0 Å². The molecule has 0 atom stereocenters. The first-order chi connectivity index (χ1) is 11.2. The van der Waals surface area contributed by atoms with Crippen LogP contribution in [0.15, 0.2) is 67.0 Å². The Balaban J connectivity index is 1.80. The second-order valence-corrected chi connectivity index (χ2v) is 5.18. The molecule has 0 aliphatic heterocycles. The predicted molar refractivity (Wildman–Crippen MR) is 87.5 cm³/mol. The fourth-order valence-electron chi connectivity index (χ4n) is 2.57. The van der Waals surface area contributed by atoms with E-state index in [1.807, 2.05) is 53.4 Å². The van der Waals surface area contributed by atoms with E-state index < -0.39 is 4.92 Å². The summed E-state index contributed by atoms with van der Waals surface area (Å²) >= 11 is 0. The van der Waals surface area contributed by atoms with Gasteiger partial charge in [-0.3, -0.25) is 10.1 Å². The van der Waals surface area contributed by atoms with Gasteiger partial charge in [0.05, 0.1) is 16.0 Å². The van der Waals surface area contributed by atoms with E-state index in [9.17, 15) is 10.1 Å². The molecule has 0 saturated heterocycles. The Morgan fingerprint density at radius 1 is 1.04 bits per heavy atom. The van der Waals surface area contributed by atoms with Gasteiger partial charge in [0.15, 0.2) is 0 Å². The summed E-state index contributed by atoms with van der Waals surface area (Å²) in [6.45, 7) is 0. The lowest BCUT2D eigenvalue weighted by molar-refractivity contribution is -0.384. The minimum Gasteiger partial charge on any atom is -0.338 e. The number of nitrogens with one attached hydrogen (secondary N) is 1. The molecule has 1 N–H and O–H groups in total. The van der Waals surface area contributed by atoms with Crippen molar-refractivity contribution in [3.63, 3.8) is 0 Å². The molecule has 4 aromatic rings. The third-order valence-electron chi connectivity index (χ3n) is 3.70. The molecule has 0 aliphatic rings. The number of hydrogen-bond acceptors (Lipinski definition) is 3. The van der Waals surface area contributed by atoms with E-state index >= 15 is 0 Å². The van der Waals surface area contributed by atoms with Gasteiger partial charge in [-0.15, -0.1) is 0 Å². The normalized spacial score (nSPS) is 11.0. The van der Waals surface area contributed by atoms with E-state index in [-0.39, 0.29) is 5.69 Å². The third kappa shape index (κ3) is 2.36. The molecule has 2 aromatic heterocycles. The monoisotopic (exact) mass is 304 g/mol. The smallest absolute Gasteiger partial charge is 0.271 e. The molecule has 0 aliphatic carbocycles. The van der Waals surface area contributed by atoms with Crippen LogP contribution in [-0.2, 0) is 0 Å². The summed E-state index contributed by atoms with van der Waals surface area (Å²) in [5.41, 5.74) is 3.36. The first-order valence-corrected chi connectivity index (χ1v) is 7.09. The third-order valence-corrected chi connectivity index (χ3v) is 3.70. The van der Waals surface area contributed by atoms with Crippen LogP contribution in [0.3, 0.4) is 0 Å². The maximum atomic E-state index is 10.9. The van der Waals surface area contributed by atoms with Crippen molar-refractivity contribution in [2.45, 2.75) is 0 Å². The van der Waals surface area contributed by atoms with Crippen LogP contribution in [0.1, 0.15) is 0 Å². The van der Waals surface area contributed by atoms with Crippen LogP contribution < -0.4 is 0 Å². The van der Waals surface area contributed by atoms with Crippen molar-refractivity contribution in [1.82, 2.24) is 14.5 Å². The van der Waals surface area contributed by atoms with Gasteiger partial charge in [0.2, 0.25) is 0 Å². The summed E-state index contributed by atoms with van der Waals surface area (Å²) in [7, 11) is 0. The van der Waals surface area contributed by atoms with Crippen LogP contribution in [-0.4, -0.2) is 19.5 Å². The van der Waals surface area contributed by atoms with Crippen LogP contribution in [0.25, 0.3) is 28.1 Å². The predicted octanol–water partition coefficient (Wildman–Crippen LogP) is 3.93. The van der Waals surface area contributed by atoms with Gasteiger partial charge in [0, 0.05) is 35.8 Å². The number of aromatic amines is 1. The summed E-state index contributed by atoms with van der Waals surface area (Å²) in [5.74, 6) is 0.689. The Morgan fingerprint density at radius 2 is 1.87 bits per heavy atom. The topological polar surface area (TPSA) is 76.8 Å². The highest BCUT2D eigenvalue weighted by Crippen LogP contribution is 2.25. The number of hydrogen-bond donors (Lipinski definition) is 1. The second-order valence-electron chi connectivity index (χ2n) is 5.18. The number of nitro groups is 1. The largest absolute Gasteiger partial charge is 0.338 e. The molecule has 0 fully saturated rings. The number of imidazole rings is 1. The standard InChI is InChI=1S/C17H12N4O2/c22-21(23)14-6-7-15-16(11-14)19-17(18-15)12-4-3-5-13(10-12)20-8-1-2-9-20/h1-11H,(H,18,19). The molecule has 0 radical (unpaired) electrons. The highest BCUT2D eigenvalue weighted by Gasteiger charge is 2.11. The quantitative estimate of drug-likeness (QED) is 0.460. The van der Waals surface area contributed by atoms with Crippen molar-refractivity contribution >= 4 is 16.7 Å². The lowest BCUT2D eigenvalue weighted by atomic mass is 10.2. The summed E-state index contributed by atoms with van der Waals surface area (Å²) in [4.78, 5) is 18.1. The molecule has 4 rings (SSSR count). The molecule has 0 spiro atoms. The minimum atomic E-state index is -0.410. The number of benzene rings is 2. The molecule has 112 valence electrons. The van der Waals surface area contributed by atoms with Gasteiger partial charge in [-0.05, 0) is 30.3 Å². The Hall–Kier alpha value is -3.41. The molecule has 23 heavy (non-hydrogen) atoms. The summed E-state index contributed by atoms with van der Waals surface area (Å²) < 4.78 is 2.01. The number of nitro benzene ring substituents is 1. The maximum absolute atomic E-state index is 10.9. The average molecular weight is 304 g/mol. The van der Waals surface area contributed by atoms with Crippen molar-refractivity contribution < 1.29 is 4.92 Å². The van der Waals surface area contributed by atoms with Crippen molar-refractivity contribution in [3.8, 4) is 17.1 Å². The van der Waals surface area contributed by atoms with Crippen LogP contribution in [0.4, 0.5) is 5.69 Å². The molecule has 6 nitrogen and oxygen atoms in total. The van der Waals surface area contributed by atoms with Crippen molar-refractivity contribution in [3.05, 3.63) is 77.1 Å². The van der Waals surface area contributed by atoms with E-state index in [4.69, 9.17) is 0 Å². The van der Waals surface area contributed by atoms with Crippen LogP contribution in [0.5, 0.6) is 0 Å². The maximum Gasteiger partial charge on any atom is 0.271 e. The van der Waals surface area contributed by atoms with E-state index in [0.29, 0.717) is 16.9 Å². The Labute approximate surface area is 131 Å². The van der Waals surface area contributed by atoms with Gasteiger partial charge in [0.25, 0.3) is 5.69 Å². The number of aromatic nitrogens is 3. The number of rotatable bonds is 3. The van der Waals surface area contributed by atoms with Gasteiger partial charge < -0.3 is 9.55 Å². The zero-order valence-electron chi connectivity index (χ0n) is 12.0. The Morgan fingerprint density at radius 3 is 2.65 bits per heavy atom. The number of non-ortho nitro benzene ring substituents is 1. The lowest BCUT2D eigenvalue weighted by Gasteiger charge is -2.04. The Bertz CT molecular complexity index is 1000. The van der Waals surface area contributed by atoms with Gasteiger partial charge in [-0.2, -0.15) is 0 Å². The molecule has 0 unspecified atom stereocenters. The fraction of sp³-hybridized carbons (Fsp3) is 0. The SMILES string of the molecule is O=[N+]([O-])c1ccc2nc(-c3cccc(-n4cccc4)c3)[nH]c2c1. The van der Waals surface area contributed by atoms with Crippen molar-refractivity contribution in [2.75, 3.05) is 0 Å². The molecule has 0 amide bonds. The van der Waals surface area contributed by atoms with E-state index in [0.717, 1.165) is 11.3 Å². The number of fused-ring (bicyclic) bond motifs is 1. The summed E-state index contributed by atoms with van der Waals surface area (Å²) in [6, 6.07) is 16.5. The fourth-order valence-corrected chi connectivity index (χ4v) is 2.57. The molecule has 0 bridgehead atoms. The van der Waals surface area contributed by atoms with Crippen LogP contribution in [0.2, 0.25) is 0 Å². The minimum absolute atomic E-state index is 0.0498. The summed E-state index contributed by atoms with van der Waals surface area (Å²) in [5, 5.41) is 10.9. The van der Waals surface area contributed by atoms with E-state index in [1.165, 1.54) is 12.1 Å². The average Bonchev–Trinajstić information content (AvgIpc) is 3.23. The summed E-state index contributed by atoms with van der Waals surface area (Å²) in [6.07, 6.45) is 3.95. The highest BCUT2D eigenvalue weighted by atomic mass is 16.6. The number of H-pyrrole nitrogens is 1. The van der Waals surface area contributed by atoms with Gasteiger partial charge >= 0.3 is 0 Å². The molecular weight excluding hydrogens is 292 g/mol. The molecule has 0 saturated carbocycles. The van der Waals surface area contributed by atoms with E-state index in [2.05, 4.69) is 9.97 Å². The van der Waals surface area contributed by atoms with Crippen LogP contribution >= 0.6 is 0 Å². The first kappa shape index (κ1) is 13.3. The molecule has 2 heterocycles. The lowest BCUT2D eigenvalue weighted by Crippen LogP contribution is -1.90. The molecular formula is C17H12N4O2. The Kier molecular flexibility index (Phi) is 2.94. The molecule has 6 heteroatoms. The van der Waals surface area contributed by atoms with Crippen LogP contribution in [0, 0.1) is 10.1 Å². The van der Waals surface area contributed by atoms with Gasteiger partial charge in [-0.25, -0.2) is 4.98 Å². The highest BCUT2D eigenvalue weighted by molar-refractivity contribution is 5.81. The molecule has 2 aromatic carbocycles. The van der Waals surface area contributed by atoms with E-state index in [1.54, 1.807) is 6.07 Å². The van der Waals surface area contributed by atoms with Gasteiger partial charge in [-0.1, -0.05) is 12.1 Å². The number of nitrogens with zero attached hydrogens (tertiary/aromatic N) is 3.